The highest BCUT2D eigenvalue weighted by atomic mass is 16.4. The molecule has 0 bridgehead atoms. The molecule has 0 saturated carbocycles. The summed E-state index contributed by atoms with van der Waals surface area (Å²) in [6.45, 7) is 5.29. The highest BCUT2D eigenvalue weighted by Crippen LogP contribution is 2.25. The Kier molecular flexibility index (Phi) is 2.92. The van der Waals surface area contributed by atoms with E-state index in [9.17, 15) is 4.79 Å². The van der Waals surface area contributed by atoms with Crippen LogP contribution in [0.15, 0.2) is 4.42 Å². The van der Waals surface area contributed by atoms with Crippen LogP contribution in [0.2, 0.25) is 0 Å². The lowest BCUT2D eigenvalue weighted by Crippen LogP contribution is -2.09. The van der Waals surface area contributed by atoms with Crippen molar-refractivity contribution < 1.29 is 9.21 Å². The average molecular weight is 192 g/mol. The number of carbonyl (C=O) groups excluding carboxylic acids is 1. The van der Waals surface area contributed by atoms with Crippen LogP contribution in [0, 0.1) is 25.2 Å². The smallest absolute Gasteiger partial charge is 0.226 e. The minimum atomic E-state index is -0.157. The van der Waals surface area contributed by atoms with Gasteiger partial charge in [-0.2, -0.15) is 5.26 Å². The molecule has 0 unspecified atom stereocenters. The van der Waals surface area contributed by atoms with E-state index in [2.05, 4.69) is 5.32 Å². The number of nitriles is 1. The van der Waals surface area contributed by atoms with Crippen LogP contribution < -0.4 is 5.32 Å². The van der Waals surface area contributed by atoms with Gasteiger partial charge in [-0.05, 0) is 13.8 Å². The number of nitrogens with zero attached hydrogens (tertiary/aromatic N) is 1. The molecule has 0 atom stereocenters. The van der Waals surface area contributed by atoms with Crippen molar-refractivity contribution in [2.24, 2.45) is 0 Å². The lowest BCUT2D eigenvalue weighted by atomic mass is 10.2. The van der Waals surface area contributed by atoms with Gasteiger partial charge in [-0.1, -0.05) is 6.92 Å². The van der Waals surface area contributed by atoms with Gasteiger partial charge in [0.15, 0.2) is 0 Å². The van der Waals surface area contributed by atoms with Crippen LogP contribution in [0.25, 0.3) is 0 Å². The molecular weight excluding hydrogens is 180 g/mol. The second-order valence-corrected chi connectivity index (χ2v) is 3.00. The maximum absolute atomic E-state index is 11.1. The fourth-order valence-electron chi connectivity index (χ4n) is 1.06. The molecular formula is C10H12N2O2. The maximum Gasteiger partial charge on any atom is 0.226 e. The van der Waals surface area contributed by atoms with E-state index in [-0.39, 0.29) is 11.8 Å². The zero-order valence-electron chi connectivity index (χ0n) is 8.47. The summed E-state index contributed by atoms with van der Waals surface area (Å²) in [5.74, 6) is 0.762. The van der Waals surface area contributed by atoms with Gasteiger partial charge in [-0.15, -0.1) is 0 Å². The number of anilines is 1. The van der Waals surface area contributed by atoms with Gasteiger partial charge >= 0.3 is 0 Å². The molecule has 1 heterocycles. The summed E-state index contributed by atoms with van der Waals surface area (Å²) in [5.41, 5.74) is 1.18. The summed E-state index contributed by atoms with van der Waals surface area (Å²) >= 11 is 0. The van der Waals surface area contributed by atoms with Gasteiger partial charge in [0.05, 0.1) is 0 Å². The summed E-state index contributed by atoms with van der Waals surface area (Å²) < 4.78 is 5.25. The molecule has 74 valence electrons. The highest BCUT2D eigenvalue weighted by Gasteiger charge is 2.15. The zero-order chi connectivity index (χ0) is 10.7. The van der Waals surface area contributed by atoms with Crippen molar-refractivity contribution in [3.8, 4) is 6.07 Å². The Bertz CT molecular complexity index is 399. The molecule has 1 amide bonds. The molecule has 0 aliphatic rings. The molecule has 4 heteroatoms. The van der Waals surface area contributed by atoms with E-state index in [0.717, 1.165) is 5.56 Å². The minimum absolute atomic E-state index is 0.157. The van der Waals surface area contributed by atoms with E-state index in [1.807, 2.05) is 6.07 Å². The quantitative estimate of drug-likeness (QED) is 0.780. The first kappa shape index (κ1) is 10.3. The largest absolute Gasteiger partial charge is 0.444 e. The van der Waals surface area contributed by atoms with Crippen LogP contribution in [0.5, 0.6) is 0 Å². The Hall–Kier alpha value is -1.76. The van der Waals surface area contributed by atoms with Crippen LogP contribution in [0.1, 0.15) is 30.2 Å². The molecule has 4 nitrogen and oxygen atoms in total. The first-order valence-corrected chi connectivity index (χ1v) is 4.40. The lowest BCUT2D eigenvalue weighted by Gasteiger charge is -1.98. The maximum atomic E-state index is 11.1. The number of hydrogen-bond acceptors (Lipinski definition) is 3. The SMILES string of the molecule is CCC(=O)Nc1oc(C)c(C)c1C#N. The van der Waals surface area contributed by atoms with Crippen molar-refractivity contribution in [3.05, 3.63) is 16.9 Å². The molecule has 0 aromatic carbocycles. The van der Waals surface area contributed by atoms with Gasteiger partial charge in [0.25, 0.3) is 0 Å². The average Bonchev–Trinajstić information content (AvgIpc) is 2.42. The molecule has 0 fully saturated rings. The Morgan fingerprint density at radius 2 is 2.21 bits per heavy atom. The molecule has 1 N–H and O–H groups in total. The van der Waals surface area contributed by atoms with E-state index < -0.39 is 0 Å². The molecule has 0 aliphatic carbocycles. The minimum Gasteiger partial charge on any atom is -0.444 e. The molecule has 1 rings (SSSR count). The van der Waals surface area contributed by atoms with Gasteiger partial charge in [0.1, 0.15) is 17.4 Å². The third kappa shape index (κ3) is 1.77. The number of carbonyl (C=O) groups is 1. The van der Waals surface area contributed by atoms with E-state index in [1.54, 1.807) is 20.8 Å². The second-order valence-electron chi connectivity index (χ2n) is 3.00. The second kappa shape index (κ2) is 3.97. The van der Waals surface area contributed by atoms with Crippen molar-refractivity contribution in [3.63, 3.8) is 0 Å². The fraction of sp³-hybridized carbons (Fsp3) is 0.400. The van der Waals surface area contributed by atoms with Crippen molar-refractivity contribution in [1.82, 2.24) is 0 Å². The van der Waals surface area contributed by atoms with Gasteiger partial charge < -0.3 is 4.42 Å². The Balaban J connectivity index is 3.04. The van der Waals surface area contributed by atoms with Gasteiger partial charge in [0.2, 0.25) is 11.8 Å². The molecule has 0 saturated heterocycles. The summed E-state index contributed by atoms with van der Waals surface area (Å²) in [4.78, 5) is 11.1. The van der Waals surface area contributed by atoms with Crippen molar-refractivity contribution in [2.75, 3.05) is 5.32 Å². The molecule has 0 spiro atoms. The summed E-state index contributed by atoms with van der Waals surface area (Å²) in [6.07, 6.45) is 0.365. The predicted octanol–water partition coefficient (Wildman–Crippen LogP) is 2.12. The van der Waals surface area contributed by atoms with Crippen molar-refractivity contribution >= 4 is 11.8 Å². The Morgan fingerprint density at radius 1 is 1.57 bits per heavy atom. The number of hydrogen-bond donors (Lipinski definition) is 1. The first-order chi connectivity index (χ1) is 6.60. The molecule has 0 aliphatic heterocycles. The van der Waals surface area contributed by atoms with Crippen molar-refractivity contribution in [2.45, 2.75) is 27.2 Å². The van der Waals surface area contributed by atoms with Crippen LogP contribution >= 0.6 is 0 Å². The van der Waals surface area contributed by atoms with Gasteiger partial charge in [-0.25, -0.2) is 0 Å². The van der Waals surface area contributed by atoms with Crippen LogP contribution in [-0.2, 0) is 4.79 Å². The monoisotopic (exact) mass is 192 g/mol. The fourth-order valence-corrected chi connectivity index (χ4v) is 1.06. The van der Waals surface area contributed by atoms with E-state index in [1.165, 1.54) is 0 Å². The van der Waals surface area contributed by atoms with E-state index >= 15 is 0 Å². The Morgan fingerprint density at radius 3 is 2.71 bits per heavy atom. The predicted molar refractivity (Wildman–Crippen MR) is 51.8 cm³/mol. The molecule has 14 heavy (non-hydrogen) atoms. The van der Waals surface area contributed by atoms with Crippen LogP contribution in [0.4, 0.5) is 5.88 Å². The van der Waals surface area contributed by atoms with Crippen LogP contribution in [-0.4, -0.2) is 5.91 Å². The number of amides is 1. The molecule has 1 aromatic rings. The zero-order valence-corrected chi connectivity index (χ0v) is 8.47. The van der Waals surface area contributed by atoms with Crippen LogP contribution in [0.3, 0.4) is 0 Å². The van der Waals surface area contributed by atoms with E-state index in [4.69, 9.17) is 9.68 Å². The normalized spacial score (nSPS) is 9.57. The third-order valence-electron chi connectivity index (χ3n) is 2.07. The third-order valence-corrected chi connectivity index (χ3v) is 2.07. The standard InChI is InChI=1S/C10H12N2O2/c1-4-9(13)12-10-8(5-11)6(2)7(3)14-10/h4H2,1-3H3,(H,12,13). The summed E-state index contributed by atoms with van der Waals surface area (Å²) in [5, 5.41) is 11.4. The lowest BCUT2D eigenvalue weighted by molar-refractivity contribution is -0.116. The van der Waals surface area contributed by atoms with E-state index in [0.29, 0.717) is 17.7 Å². The summed E-state index contributed by atoms with van der Waals surface area (Å²) in [7, 11) is 0. The van der Waals surface area contributed by atoms with Gasteiger partial charge in [0, 0.05) is 12.0 Å². The first-order valence-electron chi connectivity index (χ1n) is 4.40. The number of aryl methyl sites for hydroxylation is 1. The summed E-state index contributed by atoms with van der Waals surface area (Å²) in [6, 6.07) is 2.01. The molecule has 0 radical (unpaired) electrons. The number of furan rings is 1. The Labute approximate surface area is 82.5 Å². The number of nitrogens with one attached hydrogen (secondary N) is 1. The topological polar surface area (TPSA) is 66.0 Å². The molecule has 1 aromatic heterocycles. The highest BCUT2D eigenvalue weighted by molar-refractivity contribution is 5.90. The van der Waals surface area contributed by atoms with Crippen molar-refractivity contribution in [1.29, 1.82) is 5.26 Å². The van der Waals surface area contributed by atoms with Gasteiger partial charge in [-0.3, -0.25) is 10.1 Å². The number of rotatable bonds is 2.